The molecular weight excluding hydrogens is 344 g/mol. The Hall–Kier alpha value is -3.68. The van der Waals surface area contributed by atoms with E-state index < -0.39 is 23.9 Å². The van der Waals surface area contributed by atoms with E-state index in [2.05, 4.69) is 0 Å². The lowest BCUT2D eigenvalue weighted by atomic mass is 9.95. The van der Waals surface area contributed by atoms with Gasteiger partial charge in [-0.2, -0.15) is 0 Å². The number of ether oxygens (including phenoxy) is 4. The number of methoxy groups -OCH3 is 2. The van der Waals surface area contributed by atoms with E-state index in [4.69, 9.17) is 18.9 Å². The standard InChI is InChI=1S/C18H10O8/c1-23-11-6-9-7-3-4-8-10(5-7)16(20)26-18(22)13(14(9)24-2)12(11)17(21)25-15(8)19/h3-6H,1-2H3. The van der Waals surface area contributed by atoms with Crippen molar-refractivity contribution in [1.82, 2.24) is 0 Å². The van der Waals surface area contributed by atoms with E-state index in [9.17, 15) is 19.2 Å². The van der Waals surface area contributed by atoms with Gasteiger partial charge >= 0.3 is 23.9 Å². The summed E-state index contributed by atoms with van der Waals surface area (Å²) in [5, 5.41) is 0. The summed E-state index contributed by atoms with van der Waals surface area (Å²) in [5.74, 6) is -4.32. The van der Waals surface area contributed by atoms with Crippen LogP contribution in [0.15, 0.2) is 24.3 Å². The molecule has 0 aromatic heterocycles. The second-order valence-electron chi connectivity index (χ2n) is 5.52. The van der Waals surface area contributed by atoms with Crippen LogP contribution in [0.2, 0.25) is 0 Å². The highest BCUT2D eigenvalue weighted by atomic mass is 16.6. The van der Waals surface area contributed by atoms with Gasteiger partial charge in [-0.05, 0) is 23.8 Å². The molecule has 26 heavy (non-hydrogen) atoms. The van der Waals surface area contributed by atoms with E-state index in [0.29, 0.717) is 11.1 Å². The van der Waals surface area contributed by atoms with E-state index >= 15 is 0 Å². The third-order valence-electron chi connectivity index (χ3n) is 4.22. The Morgan fingerprint density at radius 3 is 2.00 bits per heavy atom. The minimum Gasteiger partial charge on any atom is -0.496 e. The van der Waals surface area contributed by atoms with Crippen molar-refractivity contribution in [1.29, 1.82) is 0 Å². The van der Waals surface area contributed by atoms with E-state index in [1.807, 2.05) is 0 Å². The molecule has 2 aromatic rings. The van der Waals surface area contributed by atoms with Crippen LogP contribution in [0.1, 0.15) is 41.4 Å². The number of esters is 4. The number of hydrogen-bond donors (Lipinski definition) is 0. The van der Waals surface area contributed by atoms with Gasteiger partial charge < -0.3 is 18.9 Å². The number of hydrogen-bond acceptors (Lipinski definition) is 8. The van der Waals surface area contributed by atoms with Crippen LogP contribution in [0.5, 0.6) is 11.5 Å². The lowest BCUT2D eigenvalue weighted by Gasteiger charge is -2.17. The molecule has 0 radical (unpaired) electrons. The first kappa shape index (κ1) is 15.8. The Labute approximate surface area is 146 Å². The highest BCUT2D eigenvalue weighted by Crippen LogP contribution is 2.43. The fourth-order valence-electron chi connectivity index (χ4n) is 3.06. The van der Waals surface area contributed by atoms with Crippen LogP contribution in [0.3, 0.4) is 0 Å². The molecule has 2 heterocycles. The fraction of sp³-hybridized carbons (Fsp3) is 0.111. The van der Waals surface area contributed by atoms with Crippen LogP contribution in [0.25, 0.3) is 11.1 Å². The number of cyclic esters (lactones) is 2. The second kappa shape index (κ2) is 5.41. The number of carbonyl (C=O) groups is 4. The Bertz CT molecular complexity index is 1030. The topological polar surface area (TPSA) is 105 Å². The molecule has 2 aliphatic rings. The molecule has 2 aromatic carbocycles. The molecule has 0 N–H and O–H groups in total. The van der Waals surface area contributed by atoms with Crippen molar-refractivity contribution in [3.63, 3.8) is 0 Å². The average molecular weight is 354 g/mol. The SMILES string of the molecule is COc1cc2c(OC)c3c1C(=O)OC(=O)c1ccc-2cc1C(=O)OC3=O. The molecule has 0 spiro atoms. The van der Waals surface area contributed by atoms with Crippen LogP contribution < -0.4 is 9.47 Å². The zero-order valence-corrected chi connectivity index (χ0v) is 13.6. The van der Waals surface area contributed by atoms with Gasteiger partial charge in [0, 0.05) is 5.56 Å². The summed E-state index contributed by atoms with van der Waals surface area (Å²) in [6.45, 7) is 0. The summed E-state index contributed by atoms with van der Waals surface area (Å²) in [5.41, 5.74) is -0.223. The van der Waals surface area contributed by atoms with Gasteiger partial charge in [-0.1, -0.05) is 6.07 Å². The van der Waals surface area contributed by atoms with Crippen molar-refractivity contribution in [2.75, 3.05) is 14.2 Å². The van der Waals surface area contributed by atoms with Gasteiger partial charge in [0.25, 0.3) is 0 Å². The lowest BCUT2D eigenvalue weighted by Crippen LogP contribution is -2.24. The molecule has 8 heteroatoms. The molecule has 0 fully saturated rings. The minimum atomic E-state index is -1.12. The van der Waals surface area contributed by atoms with Crippen molar-refractivity contribution in [3.05, 3.63) is 46.5 Å². The van der Waals surface area contributed by atoms with Gasteiger partial charge in [0.05, 0.1) is 25.3 Å². The van der Waals surface area contributed by atoms with Crippen LogP contribution >= 0.6 is 0 Å². The monoisotopic (exact) mass is 354 g/mol. The number of carbonyl (C=O) groups excluding carboxylic acids is 4. The molecule has 4 bridgehead atoms. The van der Waals surface area contributed by atoms with Gasteiger partial charge in [-0.25, -0.2) is 19.2 Å². The Balaban J connectivity index is 2.27. The number of fused-ring (bicyclic) bond motifs is 5. The van der Waals surface area contributed by atoms with E-state index in [1.54, 1.807) is 6.07 Å². The van der Waals surface area contributed by atoms with Gasteiger partial charge in [0.1, 0.15) is 22.6 Å². The molecule has 0 aliphatic carbocycles. The van der Waals surface area contributed by atoms with Gasteiger partial charge in [-0.15, -0.1) is 0 Å². The maximum Gasteiger partial charge on any atom is 0.350 e. The molecule has 2 aliphatic heterocycles. The van der Waals surface area contributed by atoms with Crippen molar-refractivity contribution in [2.24, 2.45) is 0 Å². The first-order valence-corrected chi connectivity index (χ1v) is 7.42. The number of benzene rings is 2. The first-order chi connectivity index (χ1) is 12.5. The molecular formula is C18H10O8. The fourth-order valence-corrected chi connectivity index (χ4v) is 3.06. The highest BCUT2D eigenvalue weighted by molar-refractivity contribution is 6.18. The molecule has 0 amide bonds. The quantitative estimate of drug-likeness (QED) is 0.595. The third-order valence-corrected chi connectivity index (χ3v) is 4.22. The Kier molecular flexibility index (Phi) is 3.30. The minimum absolute atomic E-state index is 0.00509. The summed E-state index contributed by atoms with van der Waals surface area (Å²) in [4.78, 5) is 50.0. The zero-order valence-electron chi connectivity index (χ0n) is 13.6. The normalized spacial score (nSPS) is 14.7. The molecule has 0 saturated carbocycles. The van der Waals surface area contributed by atoms with Crippen LogP contribution in [0.4, 0.5) is 0 Å². The molecule has 0 atom stereocenters. The summed E-state index contributed by atoms with van der Waals surface area (Å²) in [6.07, 6.45) is 0. The van der Waals surface area contributed by atoms with Crippen LogP contribution in [-0.2, 0) is 9.47 Å². The first-order valence-electron chi connectivity index (χ1n) is 7.42. The number of rotatable bonds is 2. The van der Waals surface area contributed by atoms with Crippen LogP contribution in [-0.4, -0.2) is 38.1 Å². The summed E-state index contributed by atoms with van der Waals surface area (Å²) >= 11 is 0. The zero-order chi connectivity index (χ0) is 18.6. The van der Waals surface area contributed by atoms with Gasteiger partial charge in [0.2, 0.25) is 0 Å². The summed E-state index contributed by atoms with van der Waals surface area (Å²) in [6, 6.07) is 5.70. The largest absolute Gasteiger partial charge is 0.496 e. The highest BCUT2D eigenvalue weighted by Gasteiger charge is 2.37. The Morgan fingerprint density at radius 2 is 1.35 bits per heavy atom. The van der Waals surface area contributed by atoms with E-state index in [0.717, 1.165) is 0 Å². The second-order valence-corrected chi connectivity index (χ2v) is 5.52. The smallest absolute Gasteiger partial charge is 0.350 e. The molecule has 8 nitrogen and oxygen atoms in total. The maximum atomic E-state index is 12.6. The molecule has 4 rings (SSSR count). The Morgan fingerprint density at radius 1 is 0.692 bits per heavy atom. The predicted molar refractivity (Wildman–Crippen MR) is 84.5 cm³/mol. The summed E-state index contributed by atoms with van der Waals surface area (Å²) in [7, 11) is 2.59. The van der Waals surface area contributed by atoms with E-state index in [-0.39, 0.29) is 33.8 Å². The van der Waals surface area contributed by atoms with Crippen molar-refractivity contribution in [3.8, 4) is 22.6 Å². The van der Waals surface area contributed by atoms with Crippen molar-refractivity contribution in [2.45, 2.75) is 0 Å². The van der Waals surface area contributed by atoms with Gasteiger partial charge in [0.15, 0.2) is 0 Å². The third kappa shape index (κ3) is 2.02. The lowest BCUT2D eigenvalue weighted by molar-refractivity contribution is 0.0330. The van der Waals surface area contributed by atoms with Crippen molar-refractivity contribution >= 4 is 23.9 Å². The van der Waals surface area contributed by atoms with E-state index in [1.165, 1.54) is 32.4 Å². The molecule has 0 saturated heterocycles. The average Bonchev–Trinajstić information content (AvgIpc) is 2.67. The predicted octanol–water partition coefficient (Wildman–Crippen LogP) is 1.99. The van der Waals surface area contributed by atoms with Crippen molar-refractivity contribution < 1.29 is 38.1 Å². The molecule has 0 unspecified atom stereocenters. The van der Waals surface area contributed by atoms with Gasteiger partial charge in [-0.3, -0.25) is 0 Å². The maximum absolute atomic E-state index is 12.6. The van der Waals surface area contributed by atoms with Crippen LogP contribution in [0, 0.1) is 0 Å². The molecule has 130 valence electrons. The summed E-state index contributed by atoms with van der Waals surface area (Å²) < 4.78 is 20.3.